The number of aromatic nitrogens is 3. The fourth-order valence-corrected chi connectivity index (χ4v) is 8.31. The molecule has 0 fully saturated rings. The van der Waals surface area contributed by atoms with Gasteiger partial charge in [-0.1, -0.05) is 131 Å². The Morgan fingerprint density at radius 3 is 2.35 bits per heavy atom. The first-order valence-corrected chi connectivity index (χ1v) is 21.7. The van der Waals surface area contributed by atoms with Crippen LogP contribution < -0.4 is 5.19 Å². The maximum atomic E-state index is 8.79. The van der Waals surface area contributed by atoms with Crippen LogP contribution in [-0.4, -0.2) is 22.6 Å². The molecular formula is C49H45IrN3OSi-2. The predicted octanol–water partition coefficient (Wildman–Crippen LogP) is 12.5. The Morgan fingerprint density at radius 2 is 1.58 bits per heavy atom. The van der Waals surface area contributed by atoms with E-state index in [4.69, 9.17) is 16.3 Å². The summed E-state index contributed by atoms with van der Waals surface area (Å²) in [7, 11) is -1.81. The van der Waals surface area contributed by atoms with Crippen LogP contribution in [0.5, 0.6) is 0 Å². The van der Waals surface area contributed by atoms with Crippen LogP contribution in [0.2, 0.25) is 19.6 Å². The number of rotatable bonds is 5. The molecule has 1 radical (unpaired) electrons. The molecule has 0 aliphatic heterocycles. The summed E-state index contributed by atoms with van der Waals surface area (Å²) in [6.45, 7) is 10.1. The Bertz CT molecular complexity index is 3000. The van der Waals surface area contributed by atoms with Crippen molar-refractivity contribution in [3.8, 4) is 28.3 Å². The summed E-state index contributed by atoms with van der Waals surface area (Å²) >= 11 is 0. The van der Waals surface area contributed by atoms with E-state index in [1.165, 1.54) is 16.8 Å². The molecule has 6 aromatic carbocycles. The number of para-hydroxylation sites is 3. The topological polar surface area (TPSA) is 43.9 Å². The summed E-state index contributed by atoms with van der Waals surface area (Å²) in [6, 6.07) is 48.3. The molecule has 9 rings (SSSR count). The van der Waals surface area contributed by atoms with Crippen molar-refractivity contribution >= 4 is 57.0 Å². The molecule has 3 aromatic heterocycles. The van der Waals surface area contributed by atoms with Gasteiger partial charge < -0.3 is 14.0 Å². The number of hydrogen-bond acceptors (Lipinski definition) is 3. The van der Waals surface area contributed by atoms with E-state index < -0.39 is 26.7 Å². The number of imidazole rings is 1. The number of nitrogens with zero attached hydrogens (tertiary/aromatic N) is 3. The van der Waals surface area contributed by atoms with E-state index in [-0.39, 0.29) is 25.7 Å². The van der Waals surface area contributed by atoms with Gasteiger partial charge in [-0.15, -0.1) is 53.6 Å². The monoisotopic (exact) mass is 917 g/mol. The van der Waals surface area contributed by atoms with E-state index in [0.29, 0.717) is 16.8 Å². The van der Waals surface area contributed by atoms with E-state index in [9.17, 15) is 0 Å². The Hall–Kier alpha value is -5.13. The molecule has 0 amide bonds. The molecule has 0 atom stereocenters. The number of pyridine rings is 1. The summed E-state index contributed by atoms with van der Waals surface area (Å²) in [5.41, 5.74) is 7.21. The van der Waals surface area contributed by atoms with Gasteiger partial charge in [-0.05, 0) is 63.8 Å². The summed E-state index contributed by atoms with van der Waals surface area (Å²) in [5, 5.41) is 5.59. The average molecular weight is 917 g/mol. The van der Waals surface area contributed by atoms with Gasteiger partial charge in [-0.25, -0.2) is 0 Å². The maximum absolute atomic E-state index is 8.79. The van der Waals surface area contributed by atoms with Gasteiger partial charge in [0.05, 0.1) is 30.5 Å². The molecule has 0 aliphatic carbocycles. The Labute approximate surface area is 345 Å². The number of fused-ring (bicyclic) bond motifs is 5. The molecular weight excluding hydrogens is 867 g/mol. The number of benzene rings is 6. The third-order valence-corrected chi connectivity index (χ3v) is 11.4. The maximum Gasteiger partial charge on any atom is 0.120 e. The molecule has 0 N–H and O–H groups in total. The molecule has 55 heavy (non-hydrogen) atoms. The average Bonchev–Trinajstić information content (AvgIpc) is 3.79. The summed E-state index contributed by atoms with van der Waals surface area (Å²) in [5.74, 6) is 0.825. The van der Waals surface area contributed by atoms with Gasteiger partial charge in [-0.2, -0.15) is 0 Å². The van der Waals surface area contributed by atoms with Gasteiger partial charge >= 0.3 is 0 Å². The number of aryl methyl sites for hydroxylation is 1. The molecule has 0 bridgehead atoms. The van der Waals surface area contributed by atoms with Crippen molar-refractivity contribution in [3.05, 3.63) is 157 Å². The zero-order chi connectivity index (χ0) is 41.9. The van der Waals surface area contributed by atoms with Gasteiger partial charge in [0.15, 0.2) is 0 Å². The molecule has 9 aromatic rings. The molecule has 0 saturated carbocycles. The fraction of sp³-hybridized carbons (Fsp3) is 0.184. The van der Waals surface area contributed by atoms with Gasteiger partial charge in [0, 0.05) is 44.2 Å². The molecule has 6 heteroatoms. The second kappa shape index (κ2) is 15.2. The van der Waals surface area contributed by atoms with Crippen LogP contribution in [0.15, 0.2) is 138 Å². The largest absolute Gasteiger partial charge is 0.501 e. The van der Waals surface area contributed by atoms with Crippen molar-refractivity contribution < 1.29 is 31.4 Å². The molecule has 3 heterocycles. The van der Waals surface area contributed by atoms with Crippen LogP contribution in [0, 0.1) is 24.4 Å². The molecule has 0 unspecified atom stereocenters. The Morgan fingerprint density at radius 1 is 0.818 bits per heavy atom. The van der Waals surface area contributed by atoms with Crippen molar-refractivity contribution in [2.45, 2.75) is 53.6 Å². The second-order valence-corrected chi connectivity index (χ2v) is 20.8. The first-order valence-electron chi connectivity index (χ1n) is 20.7. The van der Waals surface area contributed by atoms with Crippen LogP contribution in [0.3, 0.4) is 0 Å². The predicted molar refractivity (Wildman–Crippen MR) is 230 cm³/mol. The first-order chi connectivity index (χ1) is 27.9. The fourth-order valence-electron chi connectivity index (χ4n) is 6.92. The smallest absolute Gasteiger partial charge is 0.120 e. The van der Waals surface area contributed by atoms with E-state index in [2.05, 4.69) is 114 Å². The van der Waals surface area contributed by atoms with E-state index in [1.807, 2.05) is 57.2 Å². The van der Waals surface area contributed by atoms with Crippen molar-refractivity contribution in [3.63, 3.8) is 0 Å². The van der Waals surface area contributed by atoms with Crippen molar-refractivity contribution in [2.75, 3.05) is 0 Å². The van der Waals surface area contributed by atoms with Gasteiger partial charge in [-0.3, -0.25) is 4.98 Å². The summed E-state index contributed by atoms with van der Waals surface area (Å²) < 4.78 is 48.5. The minimum Gasteiger partial charge on any atom is -0.501 e. The van der Waals surface area contributed by atoms with Crippen LogP contribution in [0.4, 0.5) is 0 Å². The number of furan rings is 1. The molecule has 4 nitrogen and oxygen atoms in total. The van der Waals surface area contributed by atoms with Crippen molar-refractivity contribution in [1.29, 1.82) is 0 Å². The van der Waals surface area contributed by atoms with Crippen LogP contribution >= 0.6 is 0 Å². The van der Waals surface area contributed by atoms with Crippen LogP contribution in [0.1, 0.15) is 38.8 Å². The van der Waals surface area contributed by atoms with Gasteiger partial charge in [0.25, 0.3) is 0 Å². The zero-order valence-electron chi connectivity index (χ0n) is 36.8. The third kappa shape index (κ3) is 7.86. The van der Waals surface area contributed by atoms with Crippen LogP contribution in [0.25, 0.3) is 72.1 Å². The minimum absolute atomic E-state index is 0. The van der Waals surface area contributed by atoms with Crippen molar-refractivity contribution in [1.82, 2.24) is 14.5 Å². The van der Waals surface area contributed by atoms with E-state index in [1.54, 1.807) is 18.3 Å². The Balaban J connectivity index is 0.000000182. The molecule has 277 valence electrons. The quantitative estimate of drug-likeness (QED) is 0.128. The Kier molecular flexibility index (Phi) is 8.87. The summed E-state index contributed by atoms with van der Waals surface area (Å²) in [4.78, 5) is 9.59. The molecule has 0 aliphatic rings. The minimum atomic E-state index is -2.17. The van der Waals surface area contributed by atoms with E-state index in [0.717, 1.165) is 55.2 Å². The van der Waals surface area contributed by atoms with Gasteiger partial charge in [0.2, 0.25) is 0 Å². The van der Waals surface area contributed by atoms with Crippen molar-refractivity contribution in [2.24, 2.45) is 5.41 Å². The first kappa shape index (κ1) is 32.1. The number of hydrogen-bond donors (Lipinski definition) is 0. The summed E-state index contributed by atoms with van der Waals surface area (Å²) in [6.07, 6.45) is 0.269. The second-order valence-electron chi connectivity index (χ2n) is 15.7. The normalized spacial score (nSPS) is 13.7. The van der Waals surface area contributed by atoms with Gasteiger partial charge in [0.1, 0.15) is 5.58 Å². The SMILES string of the molecule is [2H]C([2H])([2H])c1c[c-]c(-c2cc(C([2H])([2H])C(C)(C)C)c([Si](C)(C)C)cn2)cc1.[Ir].[c-]1ccc2c(oc3ccccc32)c1-c1nc2ccccc2n1-c1ccc2ccccc2c1. The zero-order valence-corrected chi connectivity index (χ0v) is 35.2. The molecule has 0 spiro atoms. The standard InChI is InChI=1S/C29H17N2O.C20H28NSi.Ir/c1-2-9-20-18-21(17-16-19(20)8-1)31-26-14-5-4-13-25(26)30-29(31)24-12-7-11-23-22-10-3-6-15-27(22)32-28(23)24;1-15-8-10-16(11-9-15)18-12-17(13-20(2,3)4)19(14-21-18)22(5,6)7;/h1-11,13-18H;8-10,12,14H,13H2,1-7H3;/q2*-1;/i;1D3,13D2;. The van der Waals surface area contributed by atoms with Crippen LogP contribution in [-0.2, 0) is 26.5 Å². The molecule has 0 saturated heterocycles. The third-order valence-electron chi connectivity index (χ3n) is 9.42. The van der Waals surface area contributed by atoms with E-state index >= 15 is 0 Å².